The fraction of sp³-hybridized carbons (Fsp3) is 0.0732. The number of hydrogen-bond donors (Lipinski definition) is 0. The predicted molar refractivity (Wildman–Crippen MR) is 177 cm³/mol. The van der Waals surface area contributed by atoms with Crippen molar-refractivity contribution >= 4 is 43.5 Å². The Morgan fingerprint density at radius 3 is 1.71 bits per heavy atom. The zero-order valence-corrected chi connectivity index (χ0v) is 21.4. The molecule has 0 saturated carbocycles. The molecule has 9 rings (SSSR count). The largest absolute Gasteiger partial charge is 0.456 e. The Labute approximate surface area is 279 Å². The molecule has 42 heavy (non-hydrogen) atoms. The van der Waals surface area contributed by atoms with Crippen molar-refractivity contribution in [3.8, 4) is 33.4 Å². The Balaban J connectivity index is 1.61. The van der Waals surface area contributed by atoms with Crippen LogP contribution in [0, 0.1) is 0 Å². The number of para-hydroxylation sites is 1. The van der Waals surface area contributed by atoms with Gasteiger partial charge in [0, 0.05) is 20.3 Å². The maximum atomic E-state index is 9.88. The van der Waals surface area contributed by atoms with Crippen molar-refractivity contribution in [3.63, 3.8) is 0 Å². The first-order chi connectivity index (χ1) is 31.0. The molecule has 0 spiro atoms. The summed E-state index contributed by atoms with van der Waals surface area (Å²) >= 11 is 0. The summed E-state index contributed by atoms with van der Waals surface area (Å²) in [4.78, 5) is 0. The van der Waals surface area contributed by atoms with Crippen LogP contribution in [0.25, 0.3) is 76.9 Å². The molecule has 1 unspecified atom stereocenters. The van der Waals surface area contributed by atoms with Crippen molar-refractivity contribution in [3.05, 3.63) is 144 Å². The molecule has 8 aromatic rings. The van der Waals surface area contributed by atoms with Gasteiger partial charge in [0.05, 0.1) is 30.2 Å². The number of rotatable bonds is 2. The number of fused-ring (bicyclic) bond motifs is 8. The zero-order valence-electron chi connectivity index (χ0n) is 46.4. The third-order valence-electron chi connectivity index (χ3n) is 7.51. The van der Waals surface area contributed by atoms with E-state index in [4.69, 9.17) is 26.3 Å². The topological polar surface area (TPSA) is 13.1 Å². The van der Waals surface area contributed by atoms with Crippen molar-refractivity contribution in [2.24, 2.45) is 0 Å². The van der Waals surface area contributed by atoms with Crippen molar-refractivity contribution in [1.29, 1.82) is 0 Å². The maximum absolute atomic E-state index is 9.88. The van der Waals surface area contributed by atoms with Gasteiger partial charge in [0.25, 0.3) is 0 Å². The highest BCUT2D eigenvalue weighted by Crippen LogP contribution is 2.51. The third kappa shape index (κ3) is 3.14. The molecule has 1 atom stereocenters. The summed E-state index contributed by atoms with van der Waals surface area (Å²) in [5.41, 5.74) is -8.62. The van der Waals surface area contributed by atoms with Crippen molar-refractivity contribution in [2.45, 2.75) is 19.2 Å². The molecule has 1 heterocycles. The van der Waals surface area contributed by atoms with Gasteiger partial charge in [0.15, 0.2) is 0 Å². The number of benzene rings is 7. The van der Waals surface area contributed by atoms with Gasteiger partial charge in [-0.3, -0.25) is 0 Å². The van der Waals surface area contributed by atoms with Crippen LogP contribution >= 0.6 is 0 Å². The lowest BCUT2D eigenvalue weighted by Gasteiger charge is -2.23. The highest BCUT2D eigenvalue weighted by Gasteiger charge is 2.35. The molecule has 1 nitrogen and oxygen atoms in total. The molecule has 0 bridgehead atoms. The first-order valence-electron chi connectivity index (χ1n) is 25.2. The van der Waals surface area contributed by atoms with E-state index in [0.717, 1.165) is 6.92 Å². The van der Waals surface area contributed by atoms with Crippen LogP contribution in [0.4, 0.5) is 0 Å². The molecule has 0 fully saturated rings. The Morgan fingerprint density at radius 2 is 1.02 bits per heavy atom. The Hall–Kier alpha value is -5.14. The van der Waals surface area contributed by atoms with Crippen molar-refractivity contribution in [1.82, 2.24) is 0 Å². The molecular weight excluding hydrogens is 508 g/mol. The molecule has 0 saturated heterocycles. The second-order valence-electron chi connectivity index (χ2n) is 9.89. The molecule has 0 amide bonds. The van der Waals surface area contributed by atoms with Crippen molar-refractivity contribution in [2.75, 3.05) is 0 Å². The van der Waals surface area contributed by atoms with Crippen LogP contribution in [0.5, 0.6) is 0 Å². The second-order valence-corrected chi connectivity index (χ2v) is 9.89. The van der Waals surface area contributed by atoms with Crippen LogP contribution in [-0.4, -0.2) is 0 Å². The molecule has 1 aromatic heterocycles. The van der Waals surface area contributed by atoms with Crippen LogP contribution in [-0.2, 0) is 5.41 Å². The minimum absolute atomic E-state index is 0.409. The van der Waals surface area contributed by atoms with Gasteiger partial charge in [0.1, 0.15) is 11.2 Å². The predicted octanol–water partition coefficient (Wildman–Crippen LogP) is 11.5. The van der Waals surface area contributed by atoms with E-state index in [9.17, 15) is 12.3 Å². The normalized spacial score (nSPS) is 24.6. The zero-order chi connectivity index (χ0) is 49.6. The van der Waals surface area contributed by atoms with E-state index in [1.807, 2.05) is 0 Å². The van der Waals surface area contributed by atoms with Gasteiger partial charge in [-0.15, -0.1) is 0 Å². The van der Waals surface area contributed by atoms with E-state index in [1.165, 1.54) is 0 Å². The van der Waals surface area contributed by atoms with Gasteiger partial charge in [-0.05, 0) is 90.2 Å². The van der Waals surface area contributed by atoms with Crippen molar-refractivity contribution < 1.29 is 38.7 Å². The number of hydrogen-bond acceptors (Lipinski definition) is 1. The second kappa shape index (κ2) is 8.44. The van der Waals surface area contributed by atoms with Crippen LogP contribution in [0.15, 0.2) is 137 Å². The fourth-order valence-electron chi connectivity index (χ4n) is 5.65. The molecule has 198 valence electrons. The molecular formula is C41H28O. The fourth-order valence-corrected chi connectivity index (χ4v) is 5.65. The minimum Gasteiger partial charge on any atom is -0.456 e. The van der Waals surface area contributed by atoms with E-state index < -0.39 is 233 Å². The lowest BCUT2D eigenvalue weighted by Crippen LogP contribution is -2.14. The monoisotopic (exact) mass is 561 g/mol. The molecule has 0 N–H and O–H groups in total. The molecule has 7 aromatic carbocycles. The van der Waals surface area contributed by atoms with Gasteiger partial charge < -0.3 is 4.42 Å². The van der Waals surface area contributed by atoms with E-state index >= 15 is 0 Å². The van der Waals surface area contributed by atoms with E-state index in [2.05, 4.69) is 0 Å². The summed E-state index contributed by atoms with van der Waals surface area (Å²) in [6.07, 6.45) is 0. The van der Waals surface area contributed by atoms with Gasteiger partial charge in [0.2, 0.25) is 0 Å². The van der Waals surface area contributed by atoms with Crippen LogP contribution < -0.4 is 0 Å². The van der Waals surface area contributed by atoms with Gasteiger partial charge in [-0.1, -0.05) is 123 Å². The van der Waals surface area contributed by atoms with Crippen LogP contribution in [0.1, 0.15) is 59.2 Å². The summed E-state index contributed by atoms with van der Waals surface area (Å²) < 4.78 is 230. The Kier molecular flexibility index (Phi) is 1.95. The SMILES string of the molecule is [2H]c1c([2H])c([2H])c2c(c1[2H])-c1c([2H])c([2H])c(-c3c4c([2H])c([2H])c([2H])c([2H])c4c(-c4c([2H])c([2H])c5oc6c([2H])c([2H])c([2H])c([2H])c6c5c4[2H])c4c([2H])c([2H])c([2H])c([2H])c34)c([2H])c1C2(C)C([2H])([2H])[2H]. The Morgan fingerprint density at radius 1 is 0.500 bits per heavy atom. The smallest absolute Gasteiger partial charge is 0.135 e. The number of furan rings is 1. The van der Waals surface area contributed by atoms with E-state index in [1.54, 1.807) is 0 Å². The molecule has 1 heteroatoms. The first kappa shape index (κ1) is 9.71. The molecule has 0 aliphatic heterocycles. The van der Waals surface area contributed by atoms with Crippen LogP contribution in [0.3, 0.4) is 0 Å². The standard InChI is InChI=1S/C41H28O/c1-41(2)35-17-9-7-11-27(35)28-21-19-26(24-36(28)41)40-32-15-5-3-13-30(32)39(31-14-4-6-16-33(31)40)25-20-22-38-34(23-25)29-12-8-10-18-37(29)42-38/h3-24H,1-2H3/i1D3,3D,4D,5D,6D,7D,8D,9D,10D,11D,12D,13D,14D,15D,16D,17D,18D,19D,20D,21D,22D,23D,24D. The average molecular weight is 562 g/mol. The highest BCUT2D eigenvalue weighted by molar-refractivity contribution is 6.22. The van der Waals surface area contributed by atoms with Gasteiger partial charge >= 0.3 is 0 Å². The molecule has 1 aliphatic rings. The van der Waals surface area contributed by atoms with Gasteiger partial charge in [-0.25, -0.2) is 0 Å². The van der Waals surface area contributed by atoms with Crippen LogP contribution in [0.2, 0.25) is 0 Å². The lowest BCUT2D eigenvalue weighted by atomic mass is 9.80. The Bertz CT molecular complexity index is 3640. The summed E-state index contributed by atoms with van der Waals surface area (Å²) in [6.45, 7) is -2.20. The summed E-state index contributed by atoms with van der Waals surface area (Å²) in [7, 11) is 0. The van der Waals surface area contributed by atoms with E-state index in [-0.39, 0.29) is 0 Å². The first-order valence-corrected chi connectivity index (χ1v) is 12.7. The average Bonchev–Trinajstić information content (AvgIpc) is 3.82. The highest BCUT2D eigenvalue weighted by atomic mass is 16.3. The summed E-state index contributed by atoms with van der Waals surface area (Å²) in [6, 6.07) is -19.3. The summed E-state index contributed by atoms with van der Waals surface area (Å²) in [5, 5.41) is -3.67. The van der Waals surface area contributed by atoms with E-state index in [0.29, 0.717) is 0 Å². The third-order valence-corrected chi connectivity index (χ3v) is 7.51. The lowest BCUT2D eigenvalue weighted by molar-refractivity contribution is 0.660. The molecule has 1 aliphatic carbocycles. The van der Waals surface area contributed by atoms with Gasteiger partial charge in [-0.2, -0.15) is 0 Å². The quantitative estimate of drug-likeness (QED) is 0.191. The molecule has 0 radical (unpaired) electrons. The minimum atomic E-state index is -3.27. The maximum Gasteiger partial charge on any atom is 0.135 e. The summed E-state index contributed by atoms with van der Waals surface area (Å²) in [5.74, 6) is 0.